The highest BCUT2D eigenvalue weighted by molar-refractivity contribution is 7.71. The predicted octanol–water partition coefficient (Wildman–Crippen LogP) is 3.84. The molecule has 0 radical (unpaired) electrons. The van der Waals surface area contributed by atoms with E-state index in [9.17, 15) is 0 Å². The van der Waals surface area contributed by atoms with Gasteiger partial charge in [-0.1, -0.05) is 0 Å². The average molecular weight is 355 g/mol. The quantitative estimate of drug-likeness (QED) is 0.382. The molecule has 0 fully saturated rings. The summed E-state index contributed by atoms with van der Waals surface area (Å²) in [5, 5.41) is 11.1. The topological polar surface area (TPSA) is 80.4 Å². The van der Waals surface area contributed by atoms with Crippen LogP contribution in [0.2, 0.25) is 0 Å². The molecule has 2 heterocycles. The SMILES string of the molecule is CCOc1ccc(-c2n[nH]c(=S)n2N/N=C\C=C\c2ccco2)cc1. The van der Waals surface area contributed by atoms with E-state index >= 15 is 0 Å². The number of allylic oxidation sites excluding steroid dienone is 1. The first kappa shape index (κ1) is 16.7. The van der Waals surface area contributed by atoms with Gasteiger partial charge < -0.3 is 9.15 Å². The van der Waals surface area contributed by atoms with E-state index in [1.54, 1.807) is 29.3 Å². The lowest BCUT2D eigenvalue weighted by atomic mass is 10.2. The van der Waals surface area contributed by atoms with Crippen molar-refractivity contribution in [3.8, 4) is 17.1 Å². The standard InChI is InChI=1S/C17H17N5O2S/c1-2-23-15-9-7-13(8-10-15)16-19-20-17(25)22(16)21-18-11-3-5-14-6-4-12-24-14/h3-12,21H,2H2,1H3,(H,20,25)/b5-3+,18-11-. The van der Waals surface area contributed by atoms with E-state index in [2.05, 4.69) is 20.8 Å². The van der Waals surface area contributed by atoms with Crippen LogP contribution in [0.1, 0.15) is 12.7 Å². The number of benzene rings is 1. The number of furan rings is 1. The van der Waals surface area contributed by atoms with E-state index < -0.39 is 0 Å². The number of hydrogen-bond acceptors (Lipinski definition) is 6. The van der Waals surface area contributed by atoms with E-state index in [4.69, 9.17) is 21.4 Å². The normalized spacial score (nSPS) is 11.4. The van der Waals surface area contributed by atoms with Gasteiger partial charge in [-0.15, -0.1) is 0 Å². The summed E-state index contributed by atoms with van der Waals surface area (Å²) in [5.41, 5.74) is 3.73. The number of nitrogens with one attached hydrogen (secondary N) is 2. The Kier molecular flexibility index (Phi) is 5.43. The van der Waals surface area contributed by atoms with Crippen LogP contribution >= 0.6 is 12.2 Å². The van der Waals surface area contributed by atoms with Crippen LogP contribution in [0.3, 0.4) is 0 Å². The third-order valence-corrected chi connectivity index (χ3v) is 3.49. The fraction of sp³-hybridized carbons (Fsp3) is 0.118. The summed E-state index contributed by atoms with van der Waals surface area (Å²) in [6.07, 6.45) is 6.77. The van der Waals surface area contributed by atoms with Crippen LogP contribution in [0.15, 0.2) is 58.3 Å². The van der Waals surface area contributed by atoms with Crippen LogP contribution < -0.4 is 10.3 Å². The molecule has 1 aromatic carbocycles. The molecular weight excluding hydrogens is 338 g/mol. The van der Waals surface area contributed by atoms with Gasteiger partial charge in [0.15, 0.2) is 5.82 Å². The molecule has 0 atom stereocenters. The summed E-state index contributed by atoms with van der Waals surface area (Å²) in [6.45, 7) is 2.57. The molecule has 0 bridgehead atoms. The molecule has 2 N–H and O–H groups in total. The van der Waals surface area contributed by atoms with Gasteiger partial charge in [-0.05, 0) is 67.7 Å². The summed E-state index contributed by atoms with van der Waals surface area (Å²) < 4.78 is 12.6. The van der Waals surface area contributed by atoms with Gasteiger partial charge in [0, 0.05) is 11.8 Å². The number of hydrogen-bond donors (Lipinski definition) is 2. The van der Waals surface area contributed by atoms with E-state index in [0.29, 0.717) is 17.2 Å². The highest BCUT2D eigenvalue weighted by atomic mass is 32.1. The number of ether oxygens (including phenoxy) is 1. The van der Waals surface area contributed by atoms with Crippen molar-refractivity contribution in [2.45, 2.75) is 6.92 Å². The van der Waals surface area contributed by atoms with Crippen molar-refractivity contribution < 1.29 is 9.15 Å². The first-order chi connectivity index (χ1) is 12.3. The van der Waals surface area contributed by atoms with Crippen molar-refractivity contribution in [2.24, 2.45) is 5.10 Å². The molecule has 3 rings (SSSR count). The average Bonchev–Trinajstić information content (AvgIpc) is 3.26. The second-order valence-corrected chi connectivity index (χ2v) is 5.28. The molecule has 8 heteroatoms. The highest BCUT2D eigenvalue weighted by Gasteiger charge is 2.08. The van der Waals surface area contributed by atoms with Gasteiger partial charge >= 0.3 is 0 Å². The maximum absolute atomic E-state index is 5.44. The maximum Gasteiger partial charge on any atom is 0.216 e. The Morgan fingerprint density at radius 2 is 2.20 bits per heavy atom. The Bertz CT molecular complexity index is 907. The van der Waals surface area contributed by atoms with Crippen LogP contribution in [0.25, 0.3) is 17.5 Å². The van der Waals surface area contributed by atoms with E-state index in [0.717, 1.165) is 17.1 Å². The molecule has 0 spiro atoms. The molecule has 2 aromatic heterocycles. The maximum atomic E-state index is 5.44. The second-order valence-electron chi connectivity index (χ2n) is 4.90. The van der Waals surface area contributed by atoms with Crippen LogP contribution in [0.5, 0.6) is 5.75 Å². The molecule has 3 aromatic rings. The largest absolute Gasteiger partial charge is 0.494 e. The molecule has 0 saturated heterocycles. The molecule has 0 aliphatic heterocycles. The molecular formula is C17H17N5O2S. The van der Waals surface area contributed by atoms with Crippen LogP contribution in [0, 0.1) is 4.77 Å². The van der Waals surface area contributed by atoms with Crippen molar-refractivity contribution in [3.05, 3.63) is 59.3 Å². The first-order valence-electron chi connectivity index (χ1n) is 7.68. The molecule has 0 aliphatic carbocycles. The van der Waals surface area contributed by atoms with E-state index in [-0.39, 0.29) is 0 Å². The number of rotatable bonds is 7. The smallest absolute Gasteiger partial charge is 0.216 e. The van der Waals surface area contributed by atoms with Crippen molar-refractivity contribution in [1.29, 1.82) is 0 Å². The number of hydrazone groups is 1. The zero-order valence-corrected chi connectivity index (χ0v) is 14.4. The number of nitrogens with zero attached hydrogens (tertiary/aromatic N) is 3. The molecule has 0 saturated carbocycles. The number of aromatic nitrogens is 3. The van der Waals surface area contributed by atoms with Crippen molar-refractivity contribution in [2.75, 3.05) is 12.1 Å². The first-order valence-corrected chi connectivity index (χ1v) is 8.08. The summed E-state index contributed by atoms with van der Waals surface area (Å²) in [7, 11) is 0. The Morgan fingerprint density at radius 1 is 1.36 bits per heavy atom. The Hall–Kier alpha value is -3.13. The van der Waals surface area contributed by atoms with Crippen LogP contribution in [0.4, 0.5) is 0 Å². The van der Waals surface area contributed by atoms with Gasteiger partial charge in [0.25, 0.3) is 0 Å². The predicted molar refractivity (Wildman–Crippen MR) is 99.6 cm³/mol. The van der Waals surface area contributed by atoms with Crippen molar-refractivity contribution in [3.63, 3.8) is 0 Å². The minimum Gasteiger partial charge on any atom is -0.494 e. The minimum absolute atomic E-state index is 0.413. The minimum atomic E-state index is 0.413. The van der Waals surface area contributed by atoms with Gasteiger partial charge in [0.1, 0.15) is 11.5 Å². The van der Waals surface area contributed by atoms with Crippen molar-refractivity contribution >= 4 is 24.5 Å². The fourth-order valence-corrected chi connectivity index (χ4v) is 2.28. The molecule has 0 unspecified atom stereocenters. The highest BCUT2D eigenvalue weighted by Crippen LogP contribution is 2.20. The third kappa shape index (κ3) is 4.24. The van der Waals surface area contributed by atoms with Gasteiger partial charge in [0.2, 0.25) is 4.77 Å². The summed E-state index contributed by atoms with van der Waals surface area (Å²) in [4.78, 5) is 0. The van der Waals surface area contributed by atoms with Crippen LogP contribution in [-0.4, -0.2) is 27.7 Å². The molecule has 128 valence electrons. The Labute approximate surface area is 149 Å². The molecule has 0 aliphatic rings. The zero-order valence-electron chi connectivity index (χ0n) is 13.5. The second kappa shape index (κ2) is 8.11. The van der Waals surface area contributed by atoms with Gasteiger partial charge in [-0.3, -0.25) is 0 Å². The lowest BCUT2D eigenvalue weighted by molar-refractivity contribution is 0.340. The van der Waals surface area contributed by atoms with E-state index in [1.165, 1.54) is 0 Å². The number of H-pyrrole nitrogens is 1. The molecule has 0 amide bonds. The Balaban J connectivity index is 1.72. The zero-order chi connectivity index (χ0) is 17.5. The number of aromatic amines is 1. The summed E-state index contributed by atoms with van der Waals surface area (Å²) >= 11 is 5.23. The van der Waals surface area contributed by atoms with Gasteiger partial charge in [-0.2, -0.15) is 14.9 Å². The summed E-state index contributed by atoms with van der Waals surface area (Å²) in [6, 6.07) is 11.3. The lowest BCUT2D eigenvalue weighted by Gasteiger charge is -2.06. The lowest BCUT2D eigenvalue weighted by Crippen LogP contribution is -2.10. The molecule has 25 heavy (non-hydrogen) atoms. The van der Waals surface area contributed by atoms with Gasteiger partial charge in [-0.25, -0.2) is 10.6 Å². The molecule has 7 nitrogen and oxygen atoms in total. The summed E-state index contributed by atoms with van der Waals surface area (Å²) in [5.74, 6) is 2.18. The van der Waals surface area contributed by atoms with E-state index in [1.807, 2.05) is 43.3 Å². The van der Waals surface area contributed by atoms with Crippen molar-refractivity contribution in [1.82, 2.24) is 14.9 Å². The van der Waals surface area contributed by atoms with Gasteiger partial charge in [0.05, 0.1) is 12.9 Å². The monoisotopic (exact) mass is 355 g/mol. The fourth-order valence-electron chi connectivity index (χ4n) is 2.11. The third-order valence-electron chi connectivity index (χ3n) is 3.22. The Morgan fingerprint density at radius 3 is 2.92 bits per heavy atom. The van der Waals surface area contributed by atoms with Crippen LogP contribution in [-0.2, 0) is 0 Å².